The first-order valence-electron chi connectivity index (χ1n) is 10.9. The molecule has 8 nitrogen and oxygen atoms in total. The number of imide groups is 1. The minimum absolute atomic E-state index is 0.0370. The zero-order valence-corrected chi connectivity index (χ0v) is 17.3. The molecule has 31 heavy (non-hydrogen) atoms. The van der Waals surface area contributed by atoms with Gasteiger partial charge >= 0.3 is 0 Å². The van der Waals surface area contributed by atoms with E-state index in [-0.39, 0.29) is 29.7 Å². The van der Waals surface area contributed by atoms with E-state index in [1.807, 2.05) is 12.1 Å². The summed E-state index contributed by atoms with van der Waals surface area (Å²) >= 11 is 0. The number of amides is 3. The third-order valence-electron chi connectivity index (χ3n) is 7.32. The van der Waals surface area contributed by atoms with Crippen molar-refractivity contribution in [2.75, 3.05) is 19.6 Å². The molecule has 2 N–H and O–H groups in total. The molecule has 1 atom stereocenters. The molecule has 6 rings (SSSR count). The van der Waals surface area contributed by atoms with E-state index >= 15 is 0 Å². The molecule has 2 fully saturated rings. The van der Waals surface area contributed by atoms with E-state index in [0.717, 1.165) is 38.3 Å². The Morgan fingerprint density at radius 1 is 1.10 bits per heavy atom. The van der Waals surface area contributed by atoms with Crippen molar-refractivity contribution < 1.29 is 14.4 Å². The number of piperidine rings is 1. The molecular weight excluding hydrogens is 394 g/mol. The second-order valence-corrected chi connectivity index (χ2v) is 9.03. The Morgan fingerprint density at radius 3 is 2.74 bits per heavy atom. The summed E-state index contributed by atoms with van der Waals surface area (Å²) in [6, 6.07) is 9.85. The third kappa shape index (κ3) is 2.78. The van der Waals surface area contributed by atoms with Crippen LogP contribution in [-0.2, 0) is 34.8 Å². The van der Waals surface area contributed by atoms with E-state index in [2.05, 4.69) is 44.5 Å². The van der Waals surface area contributed by atoms with Crippen LogP contribution in [-0.4, -0.2) is 57.8 Å². The first-order valence-corrected chi connectivity index (χ1v) is 10.9. The predicted octanol–water partition coefficient (Wildman–Crippen LogP) is 0.563. The number of carbonyl (C=O) groups excluding carboxylic acids is 3. The van der Waals surface area contributed by atoms with E-state index in [1.54, 1.807) is 4.90 Å². The van der Waals surface area contributed by atoms with E-state index in [0.29, 0.717) is 18.5 Å². The molecule has 4 aliphatic heterocycles. The van der Waals surface area contributed by atoms with Crippen LogP contribution in [0.1, 0.15) is 40.0 Å². The number of hydrogen-bond acceptors (Lipinski definition) is 5. The second kappa shape index (κ2) is 6.77. The number of nitrogens with one attached hydrogen (secondary N) is 2. The summed E-state index contributed by atoms with van der Waals surface area (Å²) in [5, 5.41) is 5.81. The Bertz CT molecular complexity index is 1100. The van der Waals surface area contributed by atoms with Gasteiger partial charge in [0.15, 0.2) is 0 Å². The maximum absolute atomic E-state index is 12.9. The average molecular weight is 419 g/mol. The van der Waals surface area contributed by atoms with Crippen molar-refractivity contribution in [1.29, 1.82) is 0 Å². The lowest BCUT2D eigenvalue weighted by Crippen LogP contribution is -2.68. The molecule has 3 amide bonds. The minimum atomic E-state index is -0.569. The highest BCUT2D eigenvalue weighted by molar-refractivity contribution is 6.05. The van der Waals surface area contributed by atoms with Gasteiger partial charge in [0.1, 0.15) is 6.04 Å². The van der Waals surface area contributed by atoms with E-state index < -0.39 is 6.04 Å². The van der Waals surface area contributed by atoms with Crippen LogP contribution in [0.15, 0.2) is 36.5 Å². The standard InChI is InChI=1S/C23H25N5O3/c29-20-6-5-18(21(30)25-20)28-12-16-10-15(3-4-17(16)22(28)31)11-27-9-8-26-7-1-2-19(26)23(27)13-24-14-23/h1-4,7,10,18,24H,5-6,8-9,11-14H2,(H,25,29,30). The van der Waals surface area contributed by atoms with E-state index in [1.165, 1.54) is 11.3 Å². The molecule has 1 spiro atoms. The van der Waals surface area contributed by atoms with Gasteiger partial charge in [-0.1, -0.05) is 12.1 Å². The number of aromatic nitrogens is 1. The molecule has 0 bridgehead atoms. The Balaban J connectivity index is 1.23. The first kappa shape index (κ1) is 18.8. The van der Waals surface area contributed by atoms with Crippen LogP contribution in [0.5, 0.6) is 0 Å². The van der Waals surface area contributed by atoms with E-state index in [4.69, 9.17) is 0 Å². The third-order valence-corrected chi connectivity index (χ3v) is 7.32. The highest BCUT2D eigenvalue weighted by Crippen LogP contribution is 2.37. The number of fused-ring (bicyclic) bond motifs is 3. The van der Waals surface area contributed by atoms with Crippen LogP contribution in [0.2, 0.25) is 0 Å². The first-order chi connectivity index (χ1) is 15.0. The molecule has 160 valence electrons. The summed E-state index contributed by atoms with van der Waals surface area (Å²) in [6.07, 6.45) is 2.83. The van der Waals surface area contributed by atoms with Crippen LogP contribution in [0.3, 0.4) is 0 Å². The average Bonchev–Trinajstić information content (AvgIpc) is 3.31. The molecule has 1 unspecified atom stereocenters. The predicted molar refractivity (Wildman–Crippen MR) is 112 cm³/mol. The fraction of sp³-hybridized carbons (Fsp3) is 0.435. The summed E-state index contributed by atoms with van der Waals surface area (Å²) in [5.41, 5.74) is 4.23. The second-order valence-electron chi connectivity index (χ2n) is 9.03. The van der Waals surface area contributed by atoms with Gasteiger partial charge in [-0.2, -0.15) is 0 Å². The van der Waals surface area contributed by atoms with Crippen LogP contribution in [0.4, 0.5) is 0 Å². The van der Waals surface area contributed by atoms with Gasteiger partial charge in [0.2, 0.25) is 11.8 Å². The minimum Gasteiger partial charge on any atom is -0.348 e. The Kier molecular flexibility index (Phi) is 4.10. The van der Waals surface area contributed by atoms with Gasteiger partial charge in [-0.05, 0) is 35.7 Å². The zero-order chi connectivity index (χ0) is 21.2. The summed E-state index contributed by atoms with van der Waals surface area (Å²) in [5.74, 6) is -0.750. The molecule has 2 saturated heterocycles. The Hall–Kier alpha value is -2.97. The smallest absolute Gasteiger partial charge is 0.255 e. The normalized spacial score (nSPS) is 24.7. The monoisotopic (exact) mass is 419 g/mol. The van der Waals surface area contributed by atoms with Crippen LogP contribution in [0.25, 0.3) is 0 Å². The molecule has 1 aromatic carbocycles. The quantitative estimate of drug-likeness (QED) is 0.711. The molecular formula is C23H25N5O3. The summed E-state index contributed by atoms with van der Waals surface area (Å²) < 4.78 is 2.36. The number of carbonyl (C=O) groups is 3. The highest BCUT2D eigenvalue weighted by Gasteiger charge is 2.48. The highest BCUT2D eigenvalue weighted by atomic mass is 16.2. The number of benzene rings is 1. The molecule has 2 aromatic rings. The number of hydrogen-bond donors (Lipinski definition) is 2. The Morgan fingerprint density at radius 2 is 1.97 bits per heavy atom. The molecule has 1 aromatic heterocycles. The van der Waals surface area contributed by atoms with E-state index in [9.17, 15) is 14.4 Å². The van der Waals surface area contributed by atoms with Crippen LogP contribution >= 0.6 is 0 Å². The number of rotatable bonds is 3. The van der Waals surface area contributed by atoms with Crippen molar-refractivity contribution in [3.05, 3.63) is 58.9 Å². The van der Waals surface area contributed by atoms with Gasteiger partial charge in [0, 0.05) is 63.1 Å². The topological polar surface area (TPSA) is 86.7 Å². The van der Waals surface area contributed by atoms with Crippen molar-refractivity contribution >= 4 is 17.7 Å². The van der Waals surface area contributed by atoms with Crippen LogP contribution < -0.4 is 10.6 Å². The lowest BCUT2D eigenvalue weighted by Gasteiger charge is -2.53. The SMILES string of the molecule is O=C1CCC(N2Cc3cc(CN4CCn5cccc5C45CNC5)ccc3C2=O)C(=O)N1. The van der Waals surface area contributed by atoms with Crippen molar-refractivity contribution in [3.8, 4) is 0 Å². The van der Waals surface area contributed by atoms with Crippen LogP contribution in [0, 0.1) is 0 Å². The van der Waals surface area contributed by atoms with Gasteiger partial charge < -0.3 is 14.8 Å². The number of nitrogens with zero attached hydrogens (tertiary/aromatic N) is 3. The lowest BCUT2D eigenvalue weighted by molar-refractivity contribution is -0.136. The fourth-order valence-electron chi connectivity index (χ4n) is 5.58. The van der Waals surface area contributed by atoms with Gasteiger partial charge in [-0.25, -0.2) is 0 Å². The zero-order valence-electron chi connectivity index (χ0n) is 17.3. The largest absolute Gasteiger partial charge is 0.348 e. The fourth-order valence-corrected chi connectivity index (χ4v) is 5.58. The molecule has 0 aliphatic carbocycles. The Labute approximate surface area is 180 Å². The van der Waals surface area contributed by atoms with Gasteiger partial charge in [0.05, 0.1) is 5.54 Å². The summed E-state index contributed by atoms with van der Waals surface area (Å²) in [4.78, 5) is 40.8. The lowest BCUT2D eigenvalue weighted by atomic mass is 9.84. The maximum Gasteiger partial charge on any atom is 0.255 e. The van der Waals surface area contributed by atoms with Crippen molar-refractivity contribution in [3.63, 3.8) is 0 Å². The molecule has 5 heterocycles. The van der Waals surface area contributed by atoms with Crippen molar-refractivity contribution in [2.24, 2.45) is 0 Å². The van der Waals surface area contributed by atoms with Crippen molar-refractivity contribution in [2.45, 2.75) is 44.1 Å². The van der Waals surface area contributed by atoms with Gasteiger partial charge in [-0.15, -0.1) is 0 Å². The molecule has 0 radical (unpaired) electrons. The summed E-state index contributed by atoms with van der Waals surface area (Å²) in [7, 11) is 0. The maximum atomic E-state index is 12.9. The molecule has 4 aliphatic rings. The van der Waals surface area contributed by atoms with Gasteiger partial charge in [-0.3, -0.25) is 24.6 Å². The molecule has 0 saturated carbocycles. The van der Waals surface area contributed by atoms with Crippen molar-refractivity contribution in [1.82, 2.24) is 25.0 Å². The van der Waals surface area contributed by atoms with Gasteiger partial charge in [0.25, 0.3) is 5.91 Å². The summed E-state index contributed by atoms with van der Waals surface area (Å²) in [6.45, 7) is 5.11. The molecule has 8 heteroatoms.